The van der Waals surface area contributed by atoms with Crippen LogP contribution in [0.1, 0.15) is 43.9 Å². The Hall–Kier alpha value is -3.10. The van der Waals surface area contributed by atoms with Gasteiger partial charge in [-0.05, 0) is 52.1 Å². The van der Waals surface area contributed by atoms with E-state index in [1.165, 1.54) is 0 Å². The molecule has 1 unspecified atom stereocenters. The summed E-state index contributed by atoms with van der Waals surface area (Å²) >= 11 is 12.3. The van der Waals surface area contributed by atoms with E-state index in [-0.39, 0.29) is 17.8 Å². The lowest BCUT2D eigenvalue weighted by molar-refractivity contribution is -0.118. The van der Waals surface area contributed by atoms with Crippen molar-refractivity contribution in [2.75, 3.05) is 12.4 Å². The molecular weight excluding hydrogens is 477 g/mol. The standard InChI is InChI=1S/C24H23Cl2N5O3/c1-24(2)10-17-21(18(32)11-24)22(31-23(27-17)28-29-30-31)13-5-7-19(20(8-13)33-3)34-12-14-4-6-15(25)9-16(14)26/h4-9,22H,10-12H2,1-3H3,(H,27,28,30). The Balaban J connectivity index is 1.49. The molecule has 1 N–H and O–H groups in total. The number of rotatable bonds is 5. The summed E-state index contributed by atoms with van der Waals surface area (Å²) in [6, 6.07) is 10.4. The molecule has 2 aromatic carbocycles. The maximum Gasteiger partial charge on any atom is 0.248 e. The van der Waals surface area contributed by atoms with Crippen molar-refractivity contribution in [3.8, 4) is 11.5 Å². The van der Waals surface area contributed by atoms with Crippen LogP contribution < -0.4 is 14.8 Å². The van der Waals surface area contributed by atoms with E-state index < -0.39 is 6.04 Å². The third kappa shape index (κ3) is 4.12. The number of aromatic nitrogens is 4. The van der Waals surface area contributed by atoms with Gasteiger partial charge in [-0.3, -0.25) is 4.79 Å². The van der Waals surface area contributed by atoms with Gasteiger partial charge < -0.3 is 14.8 Å². The molecule has 0 bridgehead atoms. The predicted octanol–water partition coefficient (Wildman–Crippen LogP) is 5.23. The number of carbonyl (C=O) groups is 1. The lowest BCUT2D eigenvalue weighted by atomic mass is 9.73. The number of fused-ring (bicyclic) bond motifs is 1. The number of tetrazole rings is 1. The largest absolute Gasteiger partial charge is 0.493 e. The number of Topliss-reactive ketones (excluding diaryl/α,β-unsaturated/α-hetero) is 1. The topological polar surface area (TPSA) is 91.2 Å². The van der Waals surface area contributed by atoms with Crippen LogP contribution in [0.15, 0.2) is 47.7 Å². The molecular formula is C24H23Cl2N5O3. The van der Waals surface area contributed by atoms with E-state index >= 15 is 0 Å². The van der Waals surface area contributed by atoms with E-state index in [9.17, 15) is 4.79 Å². The molecule has 1 aliphatic heterocycles. The summed E-state index contributed by atoms with van der Waals surface area (Å²) in [5.41, 5.74) is 3.04. The average molecular weight is 500 g/mol. The first kappa shape index (κ1) is 22.7. The lowest BCUT2D eigenvalue weighted by Crippen LogP contribution is -2.36. The maximum absolute atomic E-state index is 13.2. The number of benzene rings is 2. The quantitative estimate of drug-likeness (QED) is 0.513. The highest BCUT2D eigenvalue weighted by Gasteiger charge is 2.42. The first-order valence-corrected chi connectivity index (χ1v) is 11.6. The minimum Gasteiger partial charge on any atom is -0.493 e. The number of carbonyl (C=O) groups excluding carboxylic acids is 1. The van der Waals surface area contributed by atoms with Gasteiger partial charge in [0.1, 0.15) is 12.6 Å². The molecule has 1 atom stereocenters. The second-order valence-electron chi connectivity index (χ2n) is 9.24. The number of anilines is 1. The molecule has 2 heterocycles. The van der Waals surface area contributed by atoms with Crippen molar-refractivity contribution in [2.45, 2.75) is 39.3 Å². The summed E-state index contributed by atoms with van der Waals surface area (Å²) < 4.78 is 13.3. The average Bonchev–Trinajstić information content (AvgIpc) is 3.24. The molecule has 1 aromatic heterocycles. The van der Waals surface area contributed by atoms with Crippen LogP contribution in [0, 0.1) is 5.41 Å². The molecule has 34 heavy (non-hydrogen) atoms. The van der Waals surface area contributed by atoms with Gasteiger partial charge in [0, 0.05) is 33.3 Å². The van der Waals surface area contributed by atoms with Crippen LogP contribution in [0.5, 0.6) is 11.5 Å². The smallest absolute Gasteiger partial charge is 0.248 e. The van der Waals surface area contributed by atoms with E-state index in [4.69, 9.17) is 32.7 Å². The van der Waals surface area contributed by atoms with Gasteiger partial charge >= 0.3 is 0 Å². The van der Waals surface area contributed by atoms with Gasteiger partial charge in [-0.1, -0.05) is 54.3 Å². The Bertz CT molecular complexity index is 1320. The predicted molar refractivity (Wildman–Crippen MR) is 128 cm³/mol. The fourth-order valence-electron chi connectivity index (χ4n) is 4.55. The van der Waals surface area contributed by atoms with E-state index in [0.29, 0.717) is 39.5 Å². The first-order valence-electron chi connectivity index (χ1n) is 10.8. The zero-order chi connectivity index (χ0) is 24.0. The Labute approximate surface area is 206 Å². The van der Waals surface area contributed by atoms with Crippen LogP contribution in [0.2, 0.25) is 10.0 Å². The molecule has 8 nitrogen and oxygen atoms in total. The summed E-state index contributed by atoms with van der Waals surface area (Å²) in [6.07, 6.45) is 1.19. The van der Waals surface area contributed by atoms with Crippen LogP contribution in [0.3, 0.4) is 0 Å². The number of halogens is 2. The normalized spacial score (nSPS) is 18.7. The zero-order valence-electron chi connectivity index (χ0n) is 18.9. The highest BCUT2D eigenvalue weighted by molar-refractivity contribution is 6.35. The number of hydrogen-bond acceptors (Lipinski definition) is 7. The van der Waals surface area contributed by atoms with Gasteiger partial charge in [0.05, 0.1) is 7.11 Å². The number of hydrogen-bond donors (Lipinski definition) is 1. The number of ketones is 1. The van der Waals surface area contributed by atoms with Crippen molar-refractivity contribution in [3.63, 3.8) is 0 Å². The SMILES string of the molecule is COc1cc(C2C3=C(CC(C)(C)CC3=O)Nc3nnnn32)ccc1OCc1ccc(Cl)cc1Cl. The number of nitrogens with zero attached hydrogens (tertiary/aromatic N) is 4. The molecule has 0 fully saturated rings. The molecule has 0 radical (unpaired) electrons. The minimum atomic E-state index is -0.460. The van der Waals surface area contributed by atoms with Crippen LogP contribution in [0.4, 0.5) is 5.95 Å². The van der Waals surface area contributed by atoms with Crippen molar-refractivity contribution in [3.05, 3.63) is 68.8 Å². The van der Waals surface area contributed by atoms with Gasteiger partial charge in [0.2, 0.25) is 5.95 Å². The lowest BCUT2D eigenvalue weighted by Gasteiger charge is -2.37. The van der Waals surface area contributed by atoms with Crippen molar-refractivity contribution in [1.82, 2.24) is 20.2 Å². The monoisotopic (exact) mass is 499 g/mol. The second-order valence-corrected chi connectivity index (χ2v) is 10.1. The molecule has 0 saturated heterocycles. The van der Waals surface area contributed by atoms with Gasteiger partial charge in [-0.25, -0.2) is 0 Å². The Kier molecular flexibility index (Phi) is 5.73. The zero-order valence-corrected chi connectivity index (χ0v) is 20.4. The van der Waals surface area contributed by atoms with E-state index in [0.717, 1.165) is 23.2 Å². The maximum atomic E-state index is 13.2. The van der Waals surface area contributed by atoms with Crippen LogP contribution in [0.25, 0.3) is 0 Å². The van der Waals surface area contributed by atoms with E-state index in [1.807, 2.05) is 24.3 Å². The van der Waals surface area contributed by atoms with Crippen LogP contribution >= 0.6 is 23.2 Å². The Morgan fingerprint density at radius 1 is 1.15 bits per heavy atom. The highest BCUT2D eigenvalue weighted by Crippen LogP contribution is 2.46. The number of ether oxygens (including phenoxy) is 2. The number of methoxy groups -OCH3 is 1. The van der Waals surface area contributed by atoms with Crippen LogP contribution in [-0.4, -0.2) is 33.1 Å². The van der Waals surface area contributed by atoms with E-state index in [1.54, 1.807) is 23.9 Å². The summed E-state index contributed by atoms with van der Waals surface area (Å²) in [5, 5.41) is 16.4. The number of nitrogens with one attached hydrogen (secondary N) is 1. The van der Waals surface area contributed by atoms with Gasteiger partial charge in [0.25, 0.3) is 0 Å². The summed E-state index contributed by atoms with van der Waals surface area (Å²) in [7, 11) is 1.57. The highest BCUT2D eigenvalue weighted by atomic mass is 35.5. The first-order chi connectivity index (χ1) is 16.3. The van der Waals surface area contributed by atoms with Crippen molar-refractivity contribution in [2.24, 2.45) is 5.41 Å². The van der Waals surface area contributed by atoms with Crippen molar-refractivity contribution >= 4 is 34.9 Å². The summed E-state index contributed by atoms with van der Waals surface area (Å²) in [5.74, 6) is 1.67. The second kappa shape index (κ2) is 8.60. The third-order valence-electron chi connectivity index (χ3n) is 6.10. The molecule has 0 saturated carbocycles. The Morgan fingerprint density at radius 3 is 2.74 bits per heavy atom. The molecule has 176 valence electrons. The molecule has 0 spiro atoms. The third-order valence-corrected chi connectivity index (χ3v) is 6.68. The summed E-state index contributed by atoms with van der Waals surface area (Å²) in [6.45, 7) is 4.43. The van der Waals surface area contributed by atoms with Crippen LogP contribution in [-0.2, 0) is 11.4 Å². The number of allylic oxidation sites excluding steroid dienone is 2. The van der Waals surface area contributed by atoms with Gasteiger partial charge in [0.15, 0.2) is 17.3 Å². The van der Waals surface area contributed by atoms with Crippen molar-refractivity contribution < 1.29 is 14.3 Å². The Morgan fingerprint density at radius 2 is 1.97 bits per heavy atom. The van der Waals surface area contributed by atoms with E-state index in [2.05, 4.69) is 34.7 Å². The molecule has 0 amide bonds. The molecule has 1 aliphatic carbocycles. The van der Waals surface area contributed by atoms with Gasteiger partial charge in [-0.2, -0.15) is 4.68 Å². The minimum absolute atomic E-state index is 0.0848. The molecule has 2 aliphatic rings. The molecule has 10 heteroatoms. The van der Waals surface area contributed by atoms with Gasteiger partial charge in [-0.15, -0.1) is 0 Å². The fourth-order valence-corrected chi connectivity index (χ4v) is 5.01. The summed E-state index contributed by atoms with van der Waals surface area (Å²) in [4.78, 5) is 13.2. The van der Waals surface area contributed by atoms with Crippen molar-refractivity contribution in [1.29, 1.82) is 0 Å². The fraction of sp³-hybridized carbons (Fsp3) is 0.333. The molecule has 5 rings (SSSR count). The molecule has 3 aromatic rings.